The Balaban J connectivity index is 2.54. The molecule has 1 aromatic heterocycles. The lowest BCUT2D eigenvalue weighted by Crippen LogP contribution is -2.12. The van der Waals surface area contributed by atoms with Crippen LogP contribution >= 0.6 is 11.8 Å². The molecule has 1 aromatic rings. The number of pyridine rings is 1. The van der Waals surface area contributed by atoms with Gasteiger partial charge in [0.2, 0.25) is 0 Å². The van der Waals surface area contributed by atoms with E-state index >= 15 is 0 Å². The molecule has 0 aliphatic carbocycles. The van der Waals surface area contributed by atoms with Gasteiger partial charge in [0.1, 0.15) is 0 Å². The van der Waals surface area contributed by atoms with E-state index in [-0.39, 0.29) is 4.75 Å². The normalized spacial score (nSPS) is 13.9. The molecule has 0 aliphatic heterocycles. The summed E-state index contributed by atoms with van der Waals surface area (Å²) in [6.45, 7) is 8.40. The summed E-state index contributed by atoms with van der Waals surface area (Å²) >= 11 is 1.76. The lowest BCUT2D eigenvalue weighted by molar-refractivity contribution is 0.203. The first-order valence-electron chi connectivity index (χ1n) is 5.13. The molecule has 0 aliphatic rings. The van der Waals surface area contributed by atoms with Gasteiger partial charge in [0.25, 0.3) is 0 Å². The third-order valence-corrected chi connectivity index (χ3v) is 3.34. The third-order valence-electron chi connectivity index (χ3n) is 1.99. The second-order valence-corrected chi connectivity index (χ2v) is 6.52. The van der Waals surface area contributed by atoms with E-state index in [1.807, 2.05) is 19.1 Å². The van der Waals surface area contributed by atoms with Crippen molar-refractivity contribution in [3.8, 4) is 0 Å². The Kier molecular flexibility index (Phi) is 4.17. The minimum absolute atomic E-state index is 0.194. The van der Waals surface area contributed by atoms with Gasteiger partial charge in [-0.15, -0.1) is 0 Å². The fraction of sp³-hybridized carbons (Fsp3) is 0.583. The zero-order valence-electron chi connectivity index (χ0n) is 9.82. The van der Waals surface area contributed by atoms with Gasteiger partial charge < -0.3 is 5.11 Å². The van der Waals surface area contributed by atoms with E-state index in [1.165, 1.54) is 0 Å². The molecule has 15 heavy (non-hydrogen) atoms. The van der Waals surface area contributed by atoms with E-state index in [2.05, 4.69) is 25.8 Å². The molecule has 0 saturated carbocycles. The first-order valence-corrected chi connectivity index (χ1v) is 6.11. The van der Waals surface area contributed by atoms with Crippen LogP contribution < -0.4 is 0 Å². The zero-order chi connectivity index (χ0) is 11.5. The smallest absolute Gasteiger partial charge is 0.0895 e. The second kappa shape index (κ2) is 4.99. The van der Waals surface area contributed by atoms with Crippen molar-refractivity contribution in [2.45, 2.75) is 38.5 Å². The van der Waals surface area contributed by atoms with Gasteiger partial charge in [-0.05, 0) is 18.6 Å². The highest BCUT2D eigenvalue weighted by molar-refractivity contribution is 8.00. The summed E-state index contributed by atoms with van der Waals surface area (Å²) in [5, 5.41) is 9.91. The molecule has 0 amide bonds. The van der Waals surface area contributed by atoms with E-state index in [0.29, 0.717) is 5.75 Å². The molecule has 1 N–H and O–H groups in total. The molecule has 1 heterocycles. The maximum atomic E-state index is 9.91. The molecule has 84 valence electrons. The molecule has 1 atom stereocenters. The number of hydrogen-bond donors (Lipinski definition) is 1. The average molecular weight is 225 g/mol. The fourth-order valence-electron chi connectivity index (χ4n) is 1.10. The van der Waals surface area contributed by atoms with Crippen LogP contribution in [-0.4, -0.2) is 20.6 Å². The highest BCUT2D eigenvalue weighted by Crippen LogP contribution is 2.27. The lowest BCUT2D eigenvalue weighted by atomic mass is 10.2. The van der Waals surface area contributed by atoms with E-state index in [1.54, 1.807) is 18.0 Å². The van der Waals surface area contributed by atoms with Crippen molar-refractivity contribution < 1.29 is 5.11 Å². The van der Waals surface area contributed by atoms with Crippen LogP contribution in [0.1, 0.15) is 38.1 Å². The molecule has 1 rings (SSSR count). The van der Waals surface area contributed by atoms with E-state index < -0.39 is 6.10 Å². The van der Waals surface area contributed by atoms with Crippen LogP contribution in [-0.2, 0) is 0 Å². The highest BCUT2D eigenvalue weighted by atomic mass is 32.2. The lowest BCUT2D eigenvalue weighted by Gasteiger charge is -2.20. The van der Waals surface area contributed by atoms with Gasteiger partial charge >= 0.3 is 0 Å². The number of aliphatic hydroxyl groups excluding tert-OH is 1. The van der Waals surface area contributed by atoms with Gasteiger partial charge in [0, 0.05) is 22.4 Å². The number of thioether (sulfide) groups is 1. The Hall–Kier alpha value is -0.540. The minimum atomic E-state index is -0.415. The van der Waals surface area contributed by atoms with Gasteiger partial charge in [-0.2, -0.15) is 11.8 Å². The largest absolute Gasteiger partial charge is 0.387 e. The fourth-order valence-corrected chi connectivity index (χ4v) is 1.95. The average Bonchev–Trinajstić information content (AvgIpc) is 2.14. The predicted molar refractivity (Wildman–Crippen MR) is 66.1 cm³/mol. The Morgan fingerprint density at radius 1 is 1.40 bits per heavy atom. The van der Waals surface area contributed by atoms with Crippen LogP contribution in [0, 0.1) is 6.92 Å². The third kappa shape index (κ3) is 4.67. The second-order valence-electron chi connectivity index (χ2n) is 4.67. The molecular formula is C12H19NOS. The Morgan fingerprint density at radius 3 is 2.53 bits per heavy atom. The number of aromatic nitrogens is 1. The molecular weight excluding hydrogens is 206 g/mol. The first kappa shape index (κ1) is 12.5. The summed E-state index contributed by atoms with van der Waals surface area (Å²) in [6, 6.07) is 3.87. The van der Waals surface area contributed by atoms with Crippen molar-refractivity contribution in [3.63, 3.8) is 0 Å². The summed E-state index contributed by atoms with van der Waals surface area (Å²) in [7, 11) is 0. The summed E-state index contributed by atoms with van der Waals surface area (Å²) in [5.41, 5.74) is 1.88. The zero-order valence-corrected chi connectivity index (χ0v) is 10.6. The summed E-state index contributed by atoms with van der Waals surface area (Å²) in [6.07, 6.45) is 1.34. The number of rotatable bonds is 3. The van der Waals surface area contributed by atoms with Crippen molar-refractivity contribution in [2.24, 2.45) is 0 Å². The van der Waals surface area contributed by atoms with Crippen LogP contribution in [0.2, 0.25) is 0 Å². The Labute approximate surface area is 96.1 Å². The van der Waals surface area contributed by atoms with Crippen molar-refractivity contribution in [3.05, 3.63) is 29.6 Å². The summed E-state index contributed by atoms with van der Waals surface area (Å²) in [5.74, 6) is 0.717. The predicted octanol–water partition coefficient (Wildman–Crippen LogP) is 2.96. The highest BCUT2D eigenvalue weighted by Gasteiger charge is 2.15. The number of aryl methyl sites for hydroxylation is 1. The van der Waals surface area contributed by atoms with Gasteiger partial charge in [-0.3, -0.25) is 4.98 Å². The van der Waals surface area contributed by atoms with Crippen molar-refractivity contribution in [1.82, 2.24) is 4.98 Å². The maximum absolute atomic E-state index is 9.91. The molecule has 0 spiro atoms. The van der Waals surface area contributed by atoms with Crippen LogP contribution in [0.4, 0.5) is 0 Å². The van der Waals surface area contributed by atoms with Crippen LogP contribution in [0.3, 0.4) is 0 Å². The molecule has 0 fully saturated rings. The summed E-state index contributed by atoms with van der Waals surface area (Å²) < 4.78 is 0.194. The molecule has 1 unspecified atom stereocenters. The maximum Gasteiger partial charge on any atom is 0.0895 e. The van der Waals surface area contributed by atoms with Crippen molar-refractivity contribution in [2.75, 3.05) is 5.75 Å². The van der Waals surface area contributed by atoms with Crippen molar-refractivity contribution in [1.29, 1.82) is 0 Å². The van der Waals surface area contributed by atoms with Gasteiger partial charge in [-0.25, -0.2) is 0 Å². The van der Waals surface area contributed by atoms with E-state index in [0.717, 1.165) is 11.3 Å². The van der Waals surface area contributed by atoms with Crippen LogP contribution in [0.5, 0.6) is 0 Å². The monoisotopic (exact) mass is 225 g/mol. The molecule has 0 aromatic carbocycles. The van der Waals surface area contributed by atoms with E-state index in [9.17, 15) is 5.11 Å². The SMILES string of the molecule is Cc1ccc(C(O)CSC(C)(C)C)cn1. The number of aliphatic hydroxyl groups is 1. The topological polar surface area (TPSA) is 33.1 Å². The molecule has 0 bridgehead atoms. The quantitative estimate of drug-likeness (QED) is 0.858. The standard InChI is InChI=1S/C12H19NOS/c1-9-5-6-10(7-13-9)11(14)8-15-12(2,3)4/h5-7,11,14H,8H2,1-4H3. The Bertz CT molecular complexity index is 302. The van der Waals surface area contributed by atoms with Gasteiger partial charge in [-0.1, -0.05) is 26.8 Å². The van der Waals surface area contributed by atoms with Crippen molar-refractivity contribution >= 4 is 11.8 Å². The molecule has 3 heteroatoms. The Morgan fingerprint density at radius 2 is 2.07 bits per heavy atom. The molecule has 0 radical (unpaired) electrons. The molecule has 2 nitrogen and oxygen atoms in total. The van der Waals surface area contributed by atoms with Crippen LogP contribution in [0.25, 0.3) is 0 Å². The molecule has 0 saturated heterocycles. The van der Waals surface area contributed by atoms with E-state index in [4.69, 9.17) is 0 Å². The van der Waals surface area contributed by atoms with Crippen LogP contribution in [0.15, 0.2) is 18.3 Å². The van der Waals surface area contributed by atoms with Gasteiger partial charge in [0.15, 0.2) is 0 Å². The number of nitrogens with zero attached hydrogens (tertiary/aromatic N) is 1. The minimum Gasteiger partial charge on any atom is -0.387 e. The van der Waals surface area contributed by atoms with Gasteiger partial charge in [0.05, 0.1) is 6.10 Å². The first-order chi connectivity index (χ1) is 6.88. The summed E-state index contributed by atoms with van der Waals surface area (Å²) in [4.78, 5) is 4.18. The number of hydrogen-bond acceptors (Lipinski definition) is 3.